The van der Waals surface area contributed by atoms with Crippen LogP contribution in [0.3, 0.4) is 0 Å². The van der Waals surface area contributed by atoms with Crippen molar-refractivity contribution in [3.8, 4) is 0 Å². The summed E-state index contributed by atoms with van der Waals surface area (Å²) in [6.45, 7) is 10.3. The van der Waals surface area contributed by atoms with Crippen molar-refractivity contribution in [2.75, 3.05) is 12.4 Å². The number of aromatic nitrogens is 2. The Morgan fingerprint density at radius 1 is 0.973 bits per heavy atom. The topological polar surface area (TPSA) is 120 Å². The minimum atomic E-state index is -1.03. The number of rotatable bonds is 7. The third-order valence-corrected chi connectivity index (χ3v) is 4.89. The van der Waals surface area contributed by atoms with Crippen molar-refractivity contribution < 1.29 is 28.6 Å². The zero-order valence-electron chi connectivity index (χ0n) is 21.9. The smallest absolute Gasteiger partial charge is 0.413 e. The number of nitrogens with one attached hydrogen (secondary N) is 1. The highest BCUT2D eigenvalue weighted by Gasteiger charge is 2.32. The predicted molar refractivity (Wildman–Crippen MR) is 140 cm³/mol. The van der Waals surface area contributed by atoms with Gasteiger partial charge in [-0.05, 0) is 70.9 Å². The van der Waals surface area contributed by atoms with Gasteiger partial charge in [0.1, 0.15) is 40.0 Å². The van der Waals surface area contributed by atoms with Crippen LogP contribution in [0.5, 0.6) is 0 Å². The minimum absolute atomic E-state index is 0.0755. The number of pyridine rings is 2. The van der Waals surface area contributed by atoms with Crippen molar-refractivity contribution in [3.63, 3.8) is 0 Å². The van der Waals surface area contributed by atoms with Crippen LogP contribution in [0.15, 0.2) is 30.5 Å². The van der Waals surface area contributed by atoms with Gasteiger partial charge in [0.2, 0.25) is 0 Å². The van der Waals surface area contributed by atoms with Gasteiger partial charge in [0.15, 0.2) is 0 Å². The van der Waals surface area contributed by atoms with Crippen LogP contribution >= 0.6 is 23.2 Å². The van der Waals surface area contributed by atoms with E-state index in [9.17, 15) is 14.4 Å². The van der Waals surface area contributed by atoms with Gasteiger partial charge >= 0.3 is 18.2 Å². The van der Waals surface area contributed by atoms with Crippen molar-refractivity contribution in [1.82, 2.24) is 14.9 Å². The fourth-order valence-corrected chi connectivity index (χ4v) is 3.44. The molecular weight excluding hydrogens is 523 g/mol. The lowest BCUT2D eigenvalue weighted by Crippen LogP contribution is -2.46. The minimum Gasteiger partial charge on any atom is -0.459 e. The molecule has 0 radical (unpaired) electrons. The second kappa shape index (κ2) is 12.4. The lowest BCUT2D eigenvalue weighted by Gasteiger charge is -2.29. The van der Waals surface area contributed by atoms with Crippen LogP contribution in [-0.2, 0) is 32.0 Å². The number of likely N-dealkylation sites (N-methyl/N-ethyl adjacent to an activating group) is 1. The molecule has 0 fully saturated rings. The van der Waals surface area contributed by atoms with Gasteiger partial charge in [-0.25, -0.2) is 24.4 Å². The first-order chi connectivity index (χ1) is 17.0. The first-order valence-corrected chi connectivity index (χ1v) is 12.2. The van der Waals surface area contributed by atoms with Crippen molar-refractivity contribution >= 4 is 47.2 Å². The summed E-state index contributed by atoms with van der Waals surface area (Å²) in [5, 5.41) is 2.86. The van der Waals surface area contributed by atoms with Gasteiger partial charge in [-0.3, -0.25) is 10.2 Å². The summed E-state index contributed by atoms with van der Waals surface area (Å²) in [6, 6.07) is 5.25. The van der Waals surface area contributed by atoms with E-state index < -0.39 is 35.4 Å². The van der Waals surface area contributed by atoms with Crippen LogP contribution < -0.4 is 5.32 Å². The van der Waals surface area contributed by atoms with E-state index in [2.05, 4.69) is 15.3 Å². The Morgan fingerprint density at radius 2 is 1.57 bits per heavy atom. The molecule has 10 nitrogen and oxygen atoms in total. The number of nitrogens with zero attached hydrogens (tertiary/aromatic N) is 3. The molecule has 0 spiro atoms. The molecule has 0 unspecified atom stereocenters. The third kappa shape index (κ3) is 10.8. The van der Waals surface area contributed by atoms with Crippen LogP contribution in [0.25, 0.3) is 0 Å². The highest BCUT2D eigenvalue weighted by Crippen LogP contribution is 2.19. The lowest BCUT2D eigenvalue weighted by molar-refractivity contribution is -0.150. The van der Waals surface area contributed by atoms with Crippen LogP contribution in [0, 0.1) is 0 Å². The molecule has 0 saturated carbocycles. The van der Waals surface area contributed by atoms with Crippen molar-refractivity contribution in [2.24, 2.45) is 0 Å². The quantitative estimate of drug-likeness (QED) is 0.264. The number of halogens is 2. The Balaban J connectivity index is 2.18. The number of anilines is 1. The van der Waals surface area contributed by atoms with Gasteiger partial charge in [-0.2, -0.15) is 0 Å². The molecule has 0 saturated heterocycles. The second-order valence-electron chi connectivity index (χ2n) is 10.2. The number of hydrogen-bond donors (Lipinski definition) is 1. The first kappa shape index (κ1) is 30.1. The van der Waals surface area contributed by atoms with Gasteiger partial charge in [0.05, 0.1) is 0 Å². The molecular formula is C25H32Cl2N4O6. The zero-order valence-corrected chi connectivity index (χ0v) is 23.4. The summed E-state index contributed by atoms with van der Waals surface area (Å²) >= 11 is 11.8. The van der Waals surface area contributed by atoms with E-state index in [4.69, 9.17) is 37.4 Å². The number of amides is 2. The fourth-order valence-electron chi connectivity index (χ4n) is 2.94. The normalized spacial score (nSPS) is 12.4. The number of carbonyl (C=O) groups excluding carboxylic acids is 3. The maximum atomic E-state index is 13.1. The molecule has 2 heterocycles. The molecule has 0 aliphatic heterocycles. The Morgan fingerprint density at radius 3 is 2.08 bits per heavy atom. The van der Waals surface area contributed by atoms with Crippen LogP contribution in [0.2, 0.25) is 10.3 Å². The van der Waals surface area contributed by atoms with Gasteiger partial charge in [0.25, 0.3) is 0 Å². The molecule has 0 aliphatic rings. The van der Waals surface area contributed by atoms with E-state index in [0.29, 0.717) is 11.1 Å². The summed E-state index contributed by atoms with van der Waals surface area (Å²) in [7, 11) is 1.45. The fraction of sp³-hybridized carbons (Fsp3) is 0.480. The monoisotopic (exact) mass is 554 g/mol. The highest BCUT2D eigenvalue weighted by molar-refractivity contribution is 6.32. The Bertz CT molecular complexity index is 1090. The number of carbonyl (C=O) groups is 3. The third-order valence-electron chi connectivity index (χ3n) is 4.51. The molecule has 37 heavy (non-hydrogen) atoms. The van der Waals surface area contributed by atoms with Gasteiger partial charge < -0.3 is 14.2 Å². The molecule has 1 atom stereocenters. The van der Waals surface area contributed by atoms with E-state index in [-0.39, 0.29) is 29.2 Å². The average Bonchev–Trinajstić information content (AvgIpc) is 2.73. The molecule has 2 rings (SSSR count). The van der Waals surface area contributed by atoms with E-state index in [1.165, 1.54) is 30.3 Å². The lowest BCUT2D eigenvalue weighted by atomic mass is 10.1. The molecule has 0 aromatic carbocycles. The summed E-state index contributed by atoms with van der Waals surface area (Å²) in [5.41, 5.74) is -0.268. The number of ether oxygens (including phenoxy) is 3. The average molecular weight is 555 g/mol. The van der Waals surface area contributed by atoms with Crippen LogP contribution in [0.1, 0.15) is 52.7 Å². The van der Waals surface area contributed by atoms with Crippen molar-refractivity contribution in [1.29, 1.82) is 0 Å². The molecule has 0 aliphatic carbocycles. The van der Waals surface area contributed by atoms with Gasteiger partial charge in [0, 0.05) is 19.7 Å². The van der Waals surface area contributed by atoms with E-state index >= 15 is 0 Å². The molecule has 2 amide bonds. The standard InChI is InChI=1S/C25H32Cl2N4O6/c1-24(2,3)36-22(33)30-20-9-8-15(13-28-20)10-17(31(7)23(34)37-25(4,5)6)21(32)35-14-16-11-18(26)29-19(27)12-16/h8-9,11-13,17H,10,14H2,1-7H3,(H,28,30,33)/t17-/m0/s1. The number of esters is 1. The molecule has 2 aromatic rings. The largest absolute Gasteiger partial charge is 0.459 e. The maximum absolute atomic E-state index is 13.1. The number of hydrogen-bond acceptors (Lipinski definition) is 8. The molecule has 12 heteroatoms. The summed E-state index contributed by atoms with van der Waals surface area (Å²) in [6.07, 6.45) is 0.223. The van der Waals surface area contributed by atoms with E-state index in [1.807, 2.05) is 0 Å². The van der Waals surface area contributed by atoms with Crippen LogP contribution in [0.4, 0.5) is 15.4 Å². The Labute approximate surface area is 226 Å². The Hall–Kier alpha value is -3.11. The second-order valence-corrected chi connectivity index (χ2v) is 11.0. The zero-order chi connectivity index (χ0) is 28.0. The molecule has 1 N–H and O–H groups in total. The Kier molecular flexibility index (Phi) is 10.1. The summed E-state index contributed by atoms with van der Waals surface area (Å²) < 4.78 is 16.1. The molecule has 202 valence electrons. The van der Waals surface area contributed by atoms with Gasteiger partial charge in [-0.1, -0.05) is 29.3 Å². The van der Waals surface area contributed by atoms with E-state index in [0.717, 1.165) is 0 Å². The van der Waals surface area contributed by atoms with Crippen molar-refractivity contribution in [3.05, 3.63) is 51.9 Å². The highest BCUT2D eigenvalue weighted by atomic mass is 35.5. The van der Waals surface area contributed by atoms with Crippen molar-refractivity contribution in [2.45, 2.75) is 71.8 Å². The SMILES string of the molecule is CN(C(=O)OC(C)(C)C)[C@@H](Cc1ccc(NC(=O)OC(C)(C)C)nc1)C(=O)OCc1cc(Cl)nc(Cl)c1. The van der Waals surface area contributed by atoms with Crippen LogP contribution in [-0.4, -0.2) is 57.3 Å². The summed E-state index contributed by atoms with van der Waals surface area (Å²) in [5.74, 6) is -0.405. The molecule has 0 bridgehead atoms. The summed E-state index contributed by atoms with van der Waals surface area (Å²) in [4.78, 5) is 47.0. The molecule has 2 aromatic heterocycles. The maximum Gasteiger partial charge on any atom is 0.413 e. The van der Waals surface area contributed by atoms with E-state index in [1.54, 1.807) is 53.7 Å². The predicted octanol–water partition coefficient (Wildman–Crippen LogP) is 5.65. The van der Waals surface area contributed by atoms with Gasteiger partial charge in [-0.15, -0.1) is 0 Å². The first-order valence-electron chi connectivity index (χ1n) is 11.4.